The molecule has 190 valence electrons. The van der Waals surface area contributed by atoms with Crippen LogP contribution in [0.2, 0.25) is 0 Å². The number of carbonyl (C=O) groups is 1. The average Bonchev–Trinajstić information content (AvgIpc) is 2.78. The van der Waals surface area contributed by atoms with Crippen molar-refractivity contribution in [3.8, 4) is 0 Å². The summed E-state index contributed by atoms with van der Waals surface area (Å²) < 4.78 is 222. The van der Waals surface area contributed by atoms with Crippen molar-refractivity contribution >= 4 is 16.9 Å². The molecule has 17 heteroatoms. The highest BCUT2D eigenvalue weighted by molar-refractivity contribution is 6.33. The summed E-state index contributed by atoms with van der Waals surface area (Å²) in [7, 11) is 0. The van der Waals surface area contributed by atoms with Crippen LogP contribution in [-0.4, -0.2) is 23.6 Å². The Morgan fingerprint density at radius 3 is 1.03 bits per heavy atom. The number of benzene rings is 2. The Labute approximate surface area is 180 Å². The van der Waals surface area contributed by atoms with Crippen LogP contribution in [0.1, 0.15) is 11.1 Å². The molecule has 0 spiro atoms. The second-order valence-electron chi connectivity index (χ2n) is 6.69. The number of alkyl halides is 6. The summed E-state index contributed by atoms with van der Waals surface area (Å²) in [5, 5.41) is 0. The van der Waals surface area contributed by atoms with Gasteiger partial charge in [0.2, 0.25) is 17.4 Å². The Bertz CT molecular complexity index is 1280. The van der Waals surface area contributed by atoms with E-state index in [1.165, 1.54) is 0 Å². The minimum Gasteiger partial charge on any atom is -0.287 e. The van der Waals surface area contributed by atoms with Crippen LogP contribution in [0.4, 0.5) is 70.2 Å². The molecule has 0 fully saturated rings. The molecule has 0 bridgehead atoms. The van der Waals surface area contributed by atoms with Crippen molar-refractivity contribution in [2.24, 2.45) is 0 Å². The number of hydrogen-bond donors (Lipinski definition) is 0. The second-order valence-corrected chi connectivity index (χ2v) is 6.69. The second kappa shape index (κ2) is 7.61. The molecule has 3 rings (SSSR count). The van der Waals surface area contributed by atoms with Crippen LogP contribution in [0.15, 0.2) is 0 Å². The lowest BCUT2D eigenvalue weighted by atomic mass is 9.76. The molecule has 0 heterocycles. The molecule has 0 aliphatic heterocycles. The summed E-state index contributed by atoms with van der Waals surface area (Å²) in [6.07, 6.45) is 0. The van der Waals surface area contributed by atoms with E-state index in [4.69, 9.17) is 0 Å². The minimum atomic E-state index is -7.08. The molecule has 35 heavy (non-hydrogen) atoms. The van der Waals surface area contributed by atoms with Crippen LogP contribution < -0.4 is 0 Å². The smallest absolute Gasteiger partial charge is 0.287 e. The molecular weight excluding hydrogens is 536 g/mol. The summed E-state index contributed by atoms with van der Waals surface area (Å²) in [5.41, 5.74) is -13.4. The molecule has 0 N–H and O–H groups in total. The molecule has 0 amide bonds. The zero-order valence-corrected chi connectivity index (χ0v) is 15.5. The number of allylic oxidation sites excluding steroid dienone is 2. The van der Waals surface area contributed by atoms with Gasteiger partial charge in [0.15, 0.2) is 46.5 Å². The summed E-state index contributed by atoms with van der Waals surface area (Å²) in [6, 6.07) is 0. The fourth-order valence-electron chi connectivity index (χ4n) is 3.09. The molecule has 2 aromatic carbocycles. The predicted molar refractivity (Wildman–Crippen MR) is 79.1 cm³/mol. The molecular formula is C18F16O. The van der Waals surface area contributed by atoms with E-state index in [0.717, 1.165) is 0 Å². The highest BCUT2D eigenvalue weighted by Crippen LogP contribution is 2.60. The SMILES string of the molecule is O=C1C(c2c(F)c(F)c(F)c(F)c2F)=C(c2c(F)c(F)c(F)c(F)c2F)C(F)(F)C(F)(F)C1(F)F. The van der Waals surface area contributed by atoms with Crippen molar-refractivity contribution in [2.45, 2.75) is 17.8 Å². The minimum absolute atomic E-state index is 3.09. The van der Waals surface area contributed by atoms with Crippen molar-refractivity contribution in [1.29, 1.82) is 0 Å². The third-order valence-corrected chi connectivity index (χ3v) is 4.78. The van der Waals surface area contributed by atoms with E-state index >= 15 is 0 Å². The van der Waals surface area contributed by atoms with Gasteiger partial charge in [0.25, 0.3) is 0 Å². The summed E-state index contributed by atoms with van der Waals surface area (Å²) in [4.78, 5) is 12.0. The van der Waals surface area contributed by atoms with Crippen LogP contribution in [0.25, 0.3) is 11.1 Å². The van der Waals surface area contributed by atoms with Gasteiger partial charge in [-0.05, 0) is 0 Å². The molecule has 0 aromatic heterocycles. The maximum atomic E-state index is 14.6. The number of ketones is 1. The van der Waals surface area contributed by atoms with E-state index in [9.17, 15) is 75.0 Å². The van der Waals surface area contributed by atoms with Gasteiger partial charge in [-0.25, -0.2) is 43.9 Å². The van der Waals surface area contributed by atoms with Gasteiger partial charge in [-0.1, -0.05) is 0 Å². The van der Waals surface area contributed by atoms with E-state index in [0.29, 0.717) is 0 Å². The van der Waals surface area contributed by atoms with E-state index in [1.54, 1.807) is 0 Å². The van der Waals surface area contributed by atoms with E-state index in [1.807, 2.05) is 0 Å². The zero-order chi connectivity index (χ0) is 27.2. The average molecular weight is 536 g/mol. The van der Waals surface area contributed by atoms with Crippen molar-refractivity contribution in [3.05, 3.63) is 69.3 Å². The molecule has 0 atom stereocenters. The van der Waals surface area contributed by atoms with Gasteiger partial charge in [-0.3, -0.25) is 4.79 Å². The maximum Gasteiger partial charge on any atom is 0.384 e. The normalized spacial score (nSPS) is 18.9. The van der Waals surface area contributed by atoms with Crippen LogP contribution in [0.5, 0.6) is 0 Å². The lowest BCUT2D eigenvalue weighted by molar-refractivity contribution is -0.277. The summed E-state index contributed by atoms with van der Waals surface area (Å²) in [5.74, 6) is -57.3. The van der Waals surface area contributed by atoms with Crippen LogP contribution in [0.3, 0.4) is 0 Å². The van der Waals surface area contributed by atoms with Gasteiger partial charge in [-0.15, -0.1) is 0 Å². The highest BCUT2D eigenvalue weighted by atomic mass is 19.3. The number of rotatable bonds is 2. The van der Waals surface area contributed by atoms with Crippen molar-refractivity contribution in [3.63, 3.8) is 0 Å². The molecule has 1 nitrogen and oxygen atoms in total. The first kappa shape index (κ1) is 26.3. The monoisotopic (exact) mass is 536 g/mol. The maximum absolute atomic E-state index is 14.6. The lowest BCUT2D eigenvalue weighted by Gasteiger charge is -2.39. The first-order chi connectivity index (χ1) is 15.8. The topological polar surface area (TPSA) is 17.1 Å². The van der Waals surface area contributed by atoms with Crippen LogP contribution in [-0.2, 0) is 4.79 Å². The molecule has 1 aliphatic carbocycles. The number of halogens is 16. The Morgan fingerprint density at radius 2 is 0.686 bits per heavy atom. The Morgan fingerprint density at radius 1 is 0.400 bits per heavy atom. The van der Waals surface area contributed by atoms with E-state index in [-0.39, 0.29) is 0 Å². The fourth-order valence-corrected chi connectivity index (χ4v) is 3.09. The Balaban J connectivity index is 2.76. The highest BCUT2D eigenvalue weighted by Gasteiger charge is 2.80. The summed E-state index contributed by atoms with van der Waals surface area (Å²) in [6.45, 7) is 0. The van der Waals surface area contributed by atoms with Crippen molar-refractivity contribution in [2.75, 3.05) is 0 Å². The molecule has 1 aliphatic rings. The molecule has 0 radical (unpaired) electrons. The van der Waals surface area contributed by atoms with Gasteiger partial charge < -0.3 is 0 Å². The van der Waals surface area contributed by atoms with E-state index < -0.39 is 104 Å². The van der Waals surface area contributed by atoms with Gasteiger partial charge in [-0.2, -0.15) is 26.3 Å². The van der Waals surface area contributed by atoms with Gasteiger partial charge in [0, 0.05) is 5.57 Å². The number of hydrogen-bond acceptors (Lipinski definition) is 1. The van der Waals surface area contributed by atoms with Crippen LogP contribution >= 0.6 is 0 Å². The quantitative estimate of drug-likeness (QED) is 0.244. The molecule has 0 saturated heterocycles. The standard InChI is InChI=1S/C18F16O/c19-5-2(6(20)10(24)13(27)9(5)23)1-4(3-7(21)11(25)14(28)12(26)8(3)22)16(29,30)18(33,34)17(31,32)15(1)35. The lowest BCUT2D eigenvalue weighted by Crippen LogP contribution is -2.62. The molecule has 0 saturated carbocycles. The van der Waals surface area contributed by atoms with Gasteiger partial charge >= 0.3 is 17.8 Å². The zero-order valence-electron chi connectivity index (χ0n) is 15.5. The first-order valence-electron chi connectivity index (χ1n) is 8.23. The third-order valence-electron chi connectivity index (χ3n) is 4.78. The molecule has 0 unspecified atom stereocenters. The predicted octanol–water partition coefficient (Wildman–Crippen LogP) is 6.48. The van der Waals surface area contributed by atoms with Gasteiger partial charge in [0.05, 0.1) is 16.7 Å². The Kier molecular flexibility index (Phi) is 5.73. The van der Waals surface area contributed by atoms with Crippen molar-refractivity contribution in [1.82, 2.24) is 0 Å². The summed E-state index contributed by atoms with van der Waals surface area (Å²) >= 11 is 0. The van der Waals surface area contributed by atoms with E-state index in [2.05, 4.69) is 0 Å². The molecule has 2 aromatic rings. The van der Waals surface area contributed by atoms with Gasteiger partial charge in [0.1, 0.15) is 0 Å². The number of carbonyl (C=O) groups excluding carboxylic acids is 1. The van der Waals surface area contributed by atoms with Crippen molar-refractivity contribution < 1.29 is 75.0 Å². The fraction of sp³-hybridized carbons (Fsp3) is 0.167. The van der Waals surface area contributed by atoms with Crippen LogP contribution in [0, 0.1) is 58.2 Å². The first-order valence-corrected chi connectivity index (χ1v) is 8.23. The Hall–Kier alpha value is -3.27. The number of Topliss-reactive ketones (excluding diaryl/α,β-unsaturated/α-hetero) is 1. The largest absolute Gasteiger partial charge is 0.384 e. The third kappa shape index (κ3) is 3.08.